The monoisotopic (exact) mass is 324 g/mol. The molecule has 0 nitrogen and oxygen atoms in total. The van der Waals surface area contributed by atoms with E-state index in [2.05, 4.69) is 52.5 Å². The molecule has 0 saturated heterocycles. The Morgan fingerprint density at radius 3 is 2.44 bits per heavy atom. The van der Waals surface area contributed by atoms with Crippen LogP contribution in [0.2, 0.25) is 0 Å². The summed E-state index contributed by atoms with van der Waals surface area (Å²) in [6, 6.07) is 8.89. The molecule has 0 aliphatic heterocycles. The second kappa shape index (κ2) is 7.40. The molecule has 0 aromatic heterocycles. The van der Waals surface area contributed by atoms with Crippen molar-refractivity contribution in [3.63, 3.8) is 0 Å². The fourth-order valence-corrected chi connectivity index (χ4v) is 3.68. The molecule has 0 spiro atoms. The van der Waals surface area contributed by atoms with E-state index in [1.807, 2.05) is 0 Å². The molecule has 0 radical (unpaired) electrons. The van der Waals surface area contributed by atoms with Gasteiger partial charge >= 0.3 is 0 Å². The Labute approximate surface area is 123 Å². The van der Waals surface area contributed by atoms with Gasteiger partial charge in [0.15, 0.2) is 0 Å². The summed E-state index contributed by atoms with van der Waals surface area (Å²) in [5.41, 5.74) is 2.92. The highest BCUT2D eigenvalue weighted by molar-refractivity contribution is 9.09. The molecule has 98 valence electrons. The van der Waals surface area contributed by atoms with Crippen molar-refractivity contribution in [2.45, 2.75) is 37.0 Å². The van der Waals surface area contributed by atoms with Crippen molar-refractivity contribution < 1.29 is 0 Å². The van der Waals surface area contributed by atoms with E-state index in [9.17, 15) is 0 Å². The third kappa shape index (κ3) is 3.89. The Kier molecular flexibility index (Phi) is 5.84. The highest BCUT2D eigenvalue weighted by Gasteiger charge is 2.16. The van der Waals surface area contributed by atoms with Gasteiger partial charge in [0.2, 0.25) is 0 Å². The van der Waals surface area contributed by atoms with Gasteiger partial charge in [-0.15, -0.1) is 11.8 Å². The fraction of sp³-hybridized carbons (Fsp3) is 0.500. The number of benzene rings is 1. The van der Waals surface area contributed by atoms with Crippen LogP contribution in [-0.4, -0.2) is 11.6 Å². The minimum Gasteiger partial charge on any atom is -0.130 e. The summed E-state index contributed by atoms with van der Waals surface area (Å²) < 4.78 is 0. The van der Waals surface area contributed by atoms with E-state index in [0.29, 0.717) is 0 Å². The van der Waals surface area contributed by atoms with Crippen LogP contribution in [0.5, 0.6) is 0 Å². The molecule has 1 aliphatic carbocycles. The Hall–Kier alpha value is -0.210. The molecule has 0 amide bonds. The lowest BCUT2D eigenvalue weighted by molar-refractivity contribution is 0.405. The first-order valence-corrected chi connectivity index (χ1v) is 9.08. The van der Waals surface area contributed by atoms with Gasteiger partial charge in [-0.25, -0.2) is 0 Å². The van der Waals surface area contributed by atoms with Gasteiger partial charge in [0.05, 0.1) is 0 Å². The lowest BCUT2D eigenvalue weighted by Crippen LogP contribution is -2.10. The third-order valence-electron chi connectivity index (χ3n) is 3.75. The second-order valence-electron chi connectivity index (χ2n) is 4.96. The van der Waals surface area contributed by atoms with E-state index < -0.39 is 0 Å². The molecule has 1 saturated carbocycles. The summed E-state index contributed by atoms with van der Waals surface area (Å²) in [7, 11) is 0. The first kappa shape index (κ1) is 14.2. The molecular formula is C16H21BrS. The van der Waals surface area contributed by atoms with E-state index in [4.69, 9.17) is 0 Å². The molecule has 1 aromatic carbocycles. The Morgan fingerprint density at radius 1 is 1.22 bits per heavy atom. The van der Waals surface area contributed by atoms with Crippen LogP contribution in [-0.2, 0) is 0 Å². The van der Waals surface area contributed by atoms with Crippen LogP contribution in [0.4, 0.5) is 0 Å². The van der Waals surface area contributed by atoms with E-state index in [-0.39, 0.29) is 0 Å². The second-order valence-corrected chi connectivity index (χ2v) is 6.40. The highest BCUT2D eigenvalue weighted by atomic mass is 79.9. The summed E-state index contributed by atoms with van der Waals surface area (Å²) in [5, 5.41) is 1.02. The normalized spacial score (nSPS) is 18.0. The number of alkyl halides is 1. The van der Waals surface area contributed by atoms with E-state index in [1.165, 1.54) is 42.6 Å². The summed E-state index contributed by atoms with van der Waals surface area (Å²) in [4.78, 5) is 1.34. The van der Waals surface area contributed by atoms with Crippen molar-refractivity contribution in [1.82, 2.24) is 0 Å². The molecule has 1 aliphatic rings. The lowest BCUT2D eigenvalue weighted by Gasteiger charge is -2.23. The average Bonchev–Trinajstić information content (AvgIpc) is 2.46. The molecule has 18 heavy (non-hydrogen) atoms. The smallest absolute Gasteiger partial charge is 0.0247 e. The third-order valence-corrected chi connectivity index (χ3v) is 5.14. The van der Waals surface area contributed by atoms with Crippen molar-refractivity contribution in [2.24, 2.45) is 5.92 Å². The van der Waals surface area contributed by atoms with Gasteiger partial charge in [-0.1, -0.05) is 59.0 Å². The van der Waals surface area contributed by atoms with Crippen molar-refractivity contribution in [3.8, 4) is 0 Å². The largest absolute Gasteiger partial charge is 0.130 e. The summed E-state index contributed by atoms with van der Waals surface area (Å²) >= 11 is 5.46. The van der Waals surface area contributed by atoms with Crippen LogP contribution in [0.3, 0.4) is 0 Å². The van der Waals surface area contributed by atoms with Crippen LogP contribution in [0.15, 0.2) is 34.7 Å². The van der Waals surface area contributed by atoms with E-state index in [0.717, 1.165) is 11.2 Å². The predicted octanol–water partition coefficient (Wildman–Crippen LogP) is 5.77. The van der Waals surface area contributed by atoms with Gasteiger partial charge in [0.25, 0.3) is 0 Å². The van der Waals surface area contributed by atoms with E-state index in [1.54, 1.807) is 17.3 Å². The van der Waals surface area contributed by atoms with Gasteiger partial charge in [0, 0.05) is 10.2 Å². The highest BCUT2D eigenvalue weighted by Crippen LogP contribution is 2.31. The minimum absolute atomic E-state index is 0.804. The zero-order valence-corrected chi connectivity index (χ0v) is 13.4. The van der Waals surface area contributed by atoms with Crippen LogP contribution in [0.1, 0.15) is 37.7 Å². The van der Waals surface area contributed by atoms with E-state index >= 15 is 0 Å². The molecule has 2 rings (SSSR count). The first-order valence-electron chi connectivity index (χ1n) is 6.74. The maximum atomic E-state index is 3.66. The summed E-state index contributed by atoms with van der Waals surface area (Å²) in [6.45, 7) is 0. The van der Waals surface area contributed by atoms with Crippen molar-refractivity contribution in [2.75, 3.05) is 11.6 Å². The average molecular weight is 325 g/mol. The number of hydrogen-bond acceptors (Lipinski definition) is 1. The number of rotatable bonds is 4. The summed E-state index contributed by atoms with van der Waals surface area (Å²) in [6.07, 6.45) is 11.5. The van der Waals surface area contributed by atoms with Gasteiger partial charge in [-0.2, -0.15) is 0 Å². The number of halogens is 1. The van der Waals surface area contributed by atoms with Gasteiger partial charge in [-0.05, 0) is 42.7 Å². The van der Waals surface area contributed by atoms with Crippen LogP contribution in [0, 0.1) is 5.92 Å². The van der Waals surface area contributed by atoms with Crippen LogP contribution in [0.25, 0.3) is 6.08 Å². The molecular weight excluding hydrogens is 304 g/mol. The predicted molar refractivity (Wildman–Crippen MR) is 86.6 cm³/mol. The Morgan fingerprint density at radius 2 is 1.89 bits per heavy atom. The van der Waals surface area contributed by atoms with Crippen molar-refractivity contribution in [1.29, 1.82) is 0 Å². The zero-order chi connectivity index (χ0) is 12.8. The molecule has 0 unspecified atom stereocenters. The molecule has 1 aromatic rings. The number of allylic oxidation sites excluding steroid dienone is 1. The van der Waals surface area contributed by atoms with Gasteiger partial charge in [0.1, 0.15) is 0 Å². The lowest BCUT2D eigenvalue weighted by atomic mass is 9.84. The summed E-state index contributed by atoms with van der Waals surface area (Å²) in [5.74, 6) is 0.804. The molecule has 0 heterocycles. The number of thioether (sulfide) groups is 1. The first-order chi connectivity index (χ1) is 8.83. The maximum absolute atomic E-state index is 3.66. The standard InChI is InChI=1S/C16H21BrS/c1-18-16-9-7-13(8-10-16)11-15(12-17)14-5-3-2-4-6-14/h7-11,14H,2-6,12H2,1H3. The molecule has 0 N–H and O–H groups in total. The Balaban J connectivity index is 2.11. The SMILES string of the molecule is CSc1ccc(C=C(CBr)C2CCCCC2)cc1. The topological polar surface area (TPSA) is 0 Å². The number of hydrogen-bond donors (Lipinski definition) is 0. The Bertz CT molecular complexity index is 388. The van der Waals surface area contributed by atoms with Crippen LogP contribution < -0.4 is 0 Å². The molecule has 0 bridgehead atoms. The molecule has 1 fully saturated rings. The van der Waals surface area contributed by atoms with Gasteiger partial charge in [-0.3, -0.25) is 0 Å². The fourth-order valence-electron chi connectivity index (χ4n) is 2.65. The quantitative estimate of drug-likeness (QED) is 0.500. The van der Waals surface area contributed by atoms with Crippen molar-refractivity contribution in [3.05, 3.63) is 35.4 Å². The van der Waals surface area contributed by atoms with Crippen LogP contribution >= 0.6 is 27.7 Å². The molecule has 0 atom stereocenters. The van der Waals surface area contributed by atoms with Crippen molar-refractivity contribution >= 4 is 33.8 Å². The molecule has 2 heteroatoms. The zero-order valence-electron chi connectivity index (χ0n) is 11.0. The maximum Gasteiger partial charge on any atom is 0.0247 e. The van der Waals surface area contributed by atoms with Gasteiger partial charge < -0.3 is 0 Å². The minimum atomic E-state index is 0.804.